The number of carbonyl (C=O) groups is 1. The first-order valence-corrected chi connectivity index (χ1v) is 12.3. The average Bonchev–Trinajstić information content (AvgIpc) is 3.21. The summed E-state index contributed by atoms with van der Waals surface area (Å²) < 4.78 is 6.84. The number of piperazine rings is 1. The number of nitrogens with zero attached hydrogens (tertiary/aromatic N) is 3. The number of amides is 1. The molecule has 1 aromatic heterocycles. The Labute approximate surface area is 190 Å². The number of hydrogen-bond donors (Lipinski definition) is 0. The quantitative estimate of drug-likeness (QED) is 0.453. The van der Waals surface area contributed by atoms with E-state index >= 15 is 0 Å². The molecule has 30 heavy (non-hydrogen) atoms. The standard InChI is InChI=1S/C22H24ClN3O2S2/c1-2-28-18-4-3-5-19-21(18)24-22(30-19)26-13-11-25(12-14-26)20(27)10-15-29-17-8-6-16(23)7-9-17/h3-9H,2,10-15H2,1H3. The molecule has 1 saturated heterocycles. The molecule has 0 unspecified atom stereocenters. The van der Waals surface area contributed by atoms with Gasteiger partial charge < -0.3 is 14.5 Å². The third-order valence-corrected chi connectivity index (χ3v) is 7.32. The van der Waals surface area contributed by atoms with Crippen LogP contribution in [0.15, 0.2) is 47.4 Å². The molecule has 1 aliphatic heterocycles. The fraction of sp³-hybridized carbons (Fsp3) is 0.364. The lowest BCUT2D eigenvalue weighted by atomic mass is 10.3. The van der Waals surface area contributed by atoms with E-state index in [1.54, 1.807) is 23.1 Å². The number of halogens is 1. The number of para-hydroxylation sites is 1. The minimum atomic E-state index is 0.221. The number of rotatable bonds is 7. The Morgan fingerprint density at radius 2 is 1.93 bits per heavy atom. The summed E-state index contributed by atoms with van der Waals surface area (Å²) in [6, 6.07) is 13.8. The number of aromatic nitrogens is 1. The van der Waals surface area contributed by atoms with Crippen molar-refractivity contribution in [3.8, 4) is 5.75 Å². The topological polar surface area (TPSA) is 45.7 Å². The minimum Gasteiger partial charge on any atom is -0.492 e. The number of thioether (sulfide) groups is 1. The zero-order valence-electron chi connectivity index (χ0n) is 16.8. The van der Waals surface area contributed by atoms with Gasteiger partial charge in [-0.15, -0.1) is 11.8 Å². The number of benzene rings is 2. The highest BCUT2D eigenvalue weighted by atomic mass is 35.5. The van der Waals surface area contributed by atoms with E-state index in [0.29, 0.717) is 13.0 Å². The van der Waals surface area contributed by atoms with E-state index in [1.807, 2.05) is 48.2 Å². The van der Waals surface area contributed by atoms with E-state index < -0.39 is 0 Å². The van der Waals surface area contributed by atoms with Crippen LogP contribution in [0.1, 0.15) is 13.3 Å². The van der Waals surface area contributed by atoms with E-state index in [9.17, 15) is 4.79 Å². The number of thiazole rings is 1. The van der Waals surface area contributed by atoms with Gasteiger partial charge in [0.15, 0.2) is 5.13 Å². The van der Waals surface area contributed by atoms with Crippen molar-refractivity contribution in [1.29, 1.82) is 0 Å². The molecule has 1 aliphatic rings. The molecule has 1 amide bonds. The van der Waals surface area contributed by atoms with Gasteiger partial charge in [-0.3, -0.25) is 4.79 Å². The van der Waals surface area contributed by atoms with Crippen LogP contribution in [0.5, 0.6) is 5.75 Å². The normalized spacial score (nSPS) is 14.3. The van der Waals surface area contributed by atoms with E-state index in [0.717, 1.165) is 62.9 Å². The Morgan fingerprint density at radius 3 is 2.67 bits per heavy atom. The van der Waals surface area contributed by atoms with Crippen LogP contribution in [0.2, 0.25) is 5.02 Å². The molecule has 0 N–H and O–H groups in total. The average molecular weight is 462 g/mol. The van der Waals surface area contributed by atoms with Gasteiger partial charge in [-0.05, 0) is 43.3 Å². The monoisotopic (exact) mass is 461 g/mol. The van der Waals surface area contributed by atoms with Crippen molar-refractivity contribution in [2.45, 2.75) is 18.2 Å². The second-order valence-corrected chi connectivity index (χ2v) is 9.57. The molecule has 0 spiro atoms. The summed E-state index contributed by atoms with van der Waals surface area (Å²) in [6.45, 7) is 5.69. The van der Waals surface area contributed by atoms with Crippen molar-refractivity contribution in [2.24, 2.45) is 0 Å². The molecule has 0 saturated carbocycles. The lowest BCUT2D eigenvalue weighted by Crippen LogP contribution is -2.48. The second-order valence-electron chi connectivity index (χ2n) is 6.95. The molecule has 2 heterocycles. The molecule has 8 heteroatoms. The van der Waals surface area contributed by atoms with Crippen molar-refractivity contribution in [2.75, 3.05) is 43.4 Å². The predicted octanol–water partition coefficient (Wildman–Crippen LogP) is 5.18. The fourth-order valence-corrected chi connectivity index (χ4v) is 5.41. The van der Waals surface area contributed by atoms with Crippen LogP contribution in [0.25, 0.3) is 10.2 Å². The zero-order valence-corrected chi connectivity index (χ0v) is 19.2. The SMILES string of the molecule is CCOc1cccc2sc(N3CCN(C(=O)CCSc4ccc(Cl)cc4)CC3)nc12. The highest BCUT2D eigenvalue weighted by Gasteiger charge is 2.23. The minimum absolute atomic E-state index is 0.221. The van der Waals surface area contributed by atoms with Crippen molar-refractivity contribution >= 4 is 56.0 Å². The van der Waals surface area contributed by atoms with Crippen molar-refractivity contribution in [1.82, 2.24) is 9.88 Å². The Kier molecular flexibility index (Phi) is 7.02. The third-order valence-electron chi connectivity index (χ3n) is 4.97. The number of fused-ring (bicyclic) bond motifs is 1. The Bertz CT molecular complexity index is 1000. The summed E-state index contributed by atoms with van der Waals surface area (Å²) in [5.41, 5.74) is 0.928. The Hall–Kier alpha value is -1.96. The molecular weight excluding hydrogens is 438 g/mol. The van der Waals surface area contributed by atoms with Gasteiger partial charge in [0.05, 0.1) is 11.3 Å². The lowest BCUT2D eigenvalue weighted by molar-refractivity contribution is -0.131. The van der Waals surface area contributed by atoms with E-state index in [2.05, 4.69) is 11.0 Å². The summed E-state index contributed by atoms with van der Waals surface area (Å²) in [5, 5.41) is 1.73. The van der Waals surface area contributed by atoms with Gasteiger partial charge >= 0.3 is 0 Å². The van der Waals surface area contributed by atoms with Crippen LogP contribution < -0.4 is 9.64 Å². The highest BCUT2D eigenvalue weighted by Crippen LogP contribution is 2.34. The largest absolute Gasteiger partial charge is 0.492 e. The first-order valence-electron chi connectivity index (χ1n) is 10.1. The molecule has 158 valence electrons. The summed E-state index contributed by atoms with van der Waals surface area (Å²) in [5.74, 6) is 1.84. The van der Waals surface area contributed by atoms with Gasteiger partial charge in [0.2, 0.25) is 5.91 Å². The molecule has 1 fully saturated rings. The smallest absolute Gasteiger partial charge is 0.223 e. The van der Waals surface area contributed by atoms with Crippen LogP contribution in [0, 0.1) is 0 Å². The van der Waals surface area contributed by atoms with Crippen LogP contribution in [-0.4, -0.2) is 54.3 Å². The molecule has 0 bridgehead atoms. The maximum atomic E-state index is 12.6. The Morgan fingerprint density at radius 1 is 1.17 bits per heavy atom. The molecule has 4 rings (SSSR count). The summed E-state index contributed by atoms with van der Waals surface area (Å²) in [6.07, 6.45) is 0.548. The molecular formula is C22H24ClN3O2S2. The van der Waals surface area contributed by atoms with Gasteiger partial charge in [0.25, 0.3) is 0 Å². The number of hydrogen-bond acceptors (Lipinski definition) is 6. The van der Waals surface area contributed by atoms with E-state index in [1.165, 1.54) is 0 Å². The van der Waals surface area contributed by atoms with Gasteiger partial charge in [-0.2, -0.15) is 0 Å². The van der Waals surface area contributed by atoms with Crippen LogP contribution in [-0.2, 0) is 4.79 Å². The van der Waals surface area contributed by atoms with Gasteiger partial charge in [0, 0.05) is 48.3 Å². The number of anilines is 1. The fourth-order valence-electron chi connectivity index (χ4n) is 3.41. The number of ether oxygens (including phenoxy) is 1. The molecule has 0 radical (unpaired) electrons. The molecule has 2 aromatic carbocycles. The van der Waals surface area contributed by atoms with Crippen molar-refractivity contribution in [3.63, 3.8) is 0 Å². The van der Waals surface area contributed by atoms with Crippen molar-refractivity contribution in [3.05, 3.63) is 47.5 Å². The lowest BCUT2D eigenvalue weighted by Gasteiger charge is -2.34. The zero-order chi connectivity index (χ0) is 20.9. The van der Waals surface area contributed by atoms with Crippen LogP contribution in [0.4, 0.5) is 5.13 Å². The van der Waals surface area contributed by atoms with Crippen LogP contribution >= 0.6 is 34.7 Å². The summed E-state index contributed by atoms with van der Waals surface area (Å²) in [4.78, 5) is 22.8. The second kappa shape index (κ2) is 9.90. The molecule has 3 aromatic rings. The first kappa shape index (κ1) is 21.3. The van der Waals surface area contributed by atoms with Crippen molar-refractivity contribution < 1.29 is 9.53 Å². The number of carbonyl (C=O) groups excluding carboxylic acids is 1. The maximum absolute atomic E-state index is 12.6. The van der Waals surface area contributed by atoms with E-state index in [-0.39, 0.29) is 5.91 Å². The molecule has 0 atom stereocenters. The van der Waals surface area contributed by atoms with Gasteiger partial charge in [-0.1, -0.05) is 29.0 Å². The third kappa shape index (κ3) is 5.02. The molecule has 5 nitrogen and oxygen atoms in total. The summed E-state index contributed by atoms with van der Waals surface area (Å²) >= 11 is 9.29. The predicted molar refractivity (Wildman–Crippen MR) is 126 cm³/mol. The van der Waals surface area contributed by atoms with Crippen LogP contribution in [0.3, 0.4) is 0 Å². The van der Waals surface area contributed by atoms with Gasteiger partial charge in [0.1, 0.15) is 11.3 Å². The Balaban J connectivity index is 1.29. The summed E-state index contributed by atoms with van der Waals surface area (Å²) in [7, 11) is 0. The first-order chi connectivity index (χ1) is 14.6. The molecule has 0 aliphatic carbocycles. The van der Waals surface area contributed by atoms with E-state index in [4.69, 9.17) is 21.3 Å². The van der Waals surface area contributed by atoms with Gasteiger partial charge in [-0.25, -0.2) is 4.98 Å². The maximum Gasteiger partial charge on any atom is 0.223 e. The highest BCUT2D eigenvalue weighted by molar-refractivity contribution is 7.99.